The lowest BCUT2D eigenvalue weighted by molar-refractivity contribution is 0.0844. The van der Waals surface area contributed by atoms with Crippen molar-refractivity contribution in [1.29, 1.82) is 0 Å². The molecule has 0 bridgehead atoms. The fourth-order valence-electron chi connectivity index (χ4n) is 2.44. The fraction of sp³-hybridized carbons (Fsp3) is 0.375. The van der Waals surface area contributed by atoms with E-state index in [4.69, 9.17) is 4.74 Å². The molecule has 0 spiro atoms. The second kappa shape index (κ2) is 6.29. The van der Waals surface area contributed by atoms with Crippen LogP contribution in [0.2, 0.25) is 0 Å². The van der Waals surface area contributed by atoms with Gasteiger partial charge in [0.1, 0.15) is 6.73 Å². The Balaban J connectivity index is 0.00000132. The third-order valence-corrected chi connectivity index (χ3v) is 3.60. The molecule has 0 saturated heterocycles. The van der Waals surface area contributed by atoms with Crippen LogP contribution in [0.25, 0.3) is 21.5 Å². The summed E-state index contributed by atoms with van der Waals surface area (Å²) < 4.78 is 7.02. The summed E-state index contributed by atoms with van der Waals surface area (Å²) in [5.74, 6) is 0. The van der Waals surface area contributed by atoms with Crippen LogP contribution in [0.5, 0.6) is 0 Å². The highest BCUT2D eigenvalue weighted by Crippen LogP contribution is 2.14. The van der Waals surface area contributed by atoms with Crippen LogP contribution in [-0.2, 0) is 18.5 Å². The Morgan fingerprint density at radius 3 is 1.61 bits per heavy atom. The molecule has 0 saturated carbocycles. The van der Waals surface area contributed by atoms with Gasteiger partial charge < -0.3 is 4.74 Å². The van der Waals surface area contributed by atoms with E-state index in [9.17, 15) is 19.2 Å². The van der Waals surface area contributed by atoms with E-state index in [1.807, 2.05) is 0 Å². The molecule has 0 radical (unpaired) electrons. The minimum atomic E-state index is -0.513. The smallest absolute Gasteiger partial charge is 0.263 e. The van der Waals surface area contributed by atoms with E-state index in [1.54, 1.807) is 6.92 Å². The SMILES string of the molecule is C.C.CCOCn1c(=O)c2cc3c(=O)n(C)c(=O)c3cc2c1=O. The highest BCUT2D eigenvalue weighted by molar-refractivity contribution is 5.97. The molecule has 2 aromatic heterocycles. The van der Waals surface area contributed by atoms with Gasteiger partial charge in [-0.2, -0.15) is 0 Å². The number of fused-ring (bicyclic) bond motifs is 2. The standard InChI is InChI=1S/C14H12N2O5.2CH4/c1-3-21-6-16-13(19)9-4-7-8(5-10(9)14(16)20)12(18)15(2)11(7)17;;/h4-5H,3,6H2,1-2H3;2*1H4. The van der Waals surface area contributed by atoms with Crippen molar-refractivity contribution in [2.75, 3.05) is 6.61 Å². The molecule has 23 heavy (non-hydrogen) atoms. The van der Waals surface area contributed by atoms with Gasteiger partial charge in [0.05, 0.1) is 21.5 Å². The molecule has 7 nitrogen and oxygen atoms in total. The molecule has 0 N–H and O–H groups in total. The third kappa shape index (κ3) is 2.43. The second-order valence-corrected chi connectivity index (χ2v) is 4.77. The normalized spacial score (nSPS) is 10.7. The van der Waals surface area contributed by atoms with Crippen molar-refractivity contribution in [1.82, 2.24) is 9.13 Å². The molecular weight excluding hydrogens is 300 g/mol. The highest BCUT2D eigenvalue weighted by atomic mass is 16.5. The Bertz CT molecular complexity index is 986. The minimum Gasteiger partial charge on any atom is -0.361 e. The van der Waals surface area contributed by atoms with Crippen LogP contribution in [0.15, 0.2) is 31.3 Å². The summed E-state index contributed by atoms with van der Waals surface area (Å²) in [5, 5.41) is 0.575. The van der Waals surface area contributed by atoms with Gasteiger partial charge in [-0.15, -0.1) is 0 Å². The first-order valence-electron chi connectivity index (χ1n) is 6.41. The Kier molecular flexibility index (Phi) is 5.06. The monoisotopic (exact) mass is 320 g/mol. The highest BCUT2D eigenvalue weighted by Gasteiger charge is 2.18. The summed E-state index contributed by atoms with van der Waals surface area (Å²) in [6, 6.07) is 2.64. The summed E-state index contributed by atoms with van der Waals surface area (Å²) in [6.07, 6.45) is 0. The number of benzene rings is 1. The Morgan fingerprint density at radius 2 is 1.22 bits per heavy atom. The van der Waals surface area contributed by atoms with Crippen LogP contribution >= 0.6 is 0 Å². The Hall–Kier alpha value is -2.54. The molecule has 0 atom stereocenters. The van der Waals surface area contributed by atoms with Gasteiger partial charge in [0.25, 0.3) is 22.2 Å². The fourth-order valence-corrected chi connectivity index (χ4v) is 2.44. The predicted octanol–water partition coefficient (Wildman–Crippen LogP) is 0.716. The average Bonchev–Trinajstić information content (AvgIpc) is 2.84. The molecule has 1 aromatic carbocycles. The largest absolute Gasteiger partial charge is 0.361 e. The lowest BCUT2D eigenvalue weighted by Crippen LogP contribution is -2.26. The summed E-state index contributed by atoms with van der Waals surface area (Å²) in [4.78, 5) is 48.2. The Labute approximate surface area is 132 Å². The number of aromatic nitrogens is 2. The lowest BCUT2D eigenvalue weighted by Gasteiger charge is -1.98. The van der Waals surface area contributed by atoms with Gasteiger partial charge in [0, 0.05) is 13.7 Å². The first kappa shape index (κ1) is 18.5. The third-order valence-electron chi connectivity index (χ3n) is 3.60. The van der Waals surface area contributed by atoms with Crippen LogP contribution in [0.1, 0.15) is 21.8 Å². The zero-order valence-corrected chi connectivity index (χ0v) is 11.5. The van der Waals surface area contributed by atoms with Gasteiger partial charge in [-0.1, -0.05) is 14.9 Å². The maximum Gasteiger partial charge on any atom is 0.263 e. The first-order valence-corrected chi connectivity index (χ1v) is 6.41. The molecular formula is C16H20N2O5. The molecule has 0 aliphatic carbocycles. The zero-order valence-electron chi connectivity index (χ0n) is 11.5. The number of ether oxygens (including phenoxy) is 1. The maximum atomic E-state index is 12.2. The number of nitrogens with zero attached hydrogens (tertiary/aromatic N) is 2. The summed E-state index contributed by atoms with van der Waals surface area (Å²) in [5.41, 5.74) is -1.97. The van der Waals surface area contributed by atoms with E-state index in [0.717, 1.165) is 9.13 Å². The van der Waals surface area contributed by atoms with Gasteiger partial charge in [0.15, 0.2) is 0 Å². The summed E-state index contributed by atoms with van der Waals surface area (Å²) in [6.45, 7) is 1.97. The van der Waals surface area contributed by atoms with Crippen molar-refractivity contribution in [3.63, 3.8) is 0 Å². The first-order chi connectivity index (χ1) is 9.97. The van der Waals surface area contributed by atoms with Gasteiger partial charge >= 0.3 is 0 Å². The summed E-state index contributed by atoms with van der Waals surface area (Å²) >= 11 is 0. The van der Waals surface area contributed by atoms with Crippen molar-refractivity contribution >= 4 is 21.5 Å². The van der Waals surface area contributed by atoms with Crippen molar-refractivity contribution in [3.8, 4) is 0 Å². The van der Waals surface area contributed by atoms with Crippen LogP contribution < -0.4 is 22.2 Å². The number of hydrogen-bond donors (Lipinski definition) is 0. The molecule has 2 heterocycles. The lowest BCUT2D eigenvalue weighted by atomic mass is 10.1. The van der Waals surface area contributed by atoms with Gasteiger partial charge in [0.2, 0.25) is 0 Å². The van der Waals surface area contributed by atoms with E-state index in [0.29, 0.717) is 6.61 Å². The van der Waals surface area contributed by atoms with E-state index >= 15 is 0 Å². The van der Waals surface area contributed by atoms with E-state index in [2.05, 4.69) is 0 Å². The second-order valence-electron chi connectivity index (χ2n) is 4.77. The molecule has 124 valence electrons. The van der Waals surface area contributed by atoms with Crippen LogP contribution in [0.3, 0.4) is 0 Å². The van der Waals surface area contributed by atoms with Crippen molar-refractivity contribution < 1.29 is 4.74 Å². The maximum absolute atomic E-state index is 12.2. The molecule has 0 aliphatic rings. The molecule has 0 unspecified atom stereocenters. The van der Waals surface area contributed by atoms with Crippen LogP contribution in [-0.4, -0.2) is 15.7 Å². The van der Waals surface area contributed by atoms with Crippen molar-refractivity contribution in [2.45, 2.75) is 28.5 Å². The van der Waals surface area contributed by atoms with Gasteiger partial charge in [-0.25, -0.2) is 4.57 Å². The van der Waals surface area contributed by atoms with Crippen LogP contribution in [0, 0.1) is 0 Å². The average molecular weight is 320 g/mol. The van der Waals surface area contributed by atoms with Gasteiger partial charge in [-0.05, 0) is 19.1 Å². The van der Waals surface area contributed by atoms with E-state index < -0.39 is 22.2 Å². The van der Waals surface area contributed by atoms with Crippen molar-refractivity contribution in [3.05, 3.63) is 53.5 Å². The molecule has 7 heteroatoms. The quantitative estimate of drug-likeness (QED) is 0.709. The topological polar surface area (TPSA) is 87.4 Å². The molecule has 0 fully saturated rings. The molecule has 0 amide bonds. The van der Waals surface area contributed by atoms with Gasteiger partial charge in [-0.3, -0.25) is 23.7 Å². The molecule has 3 aromatic rings. The van der Waals surface area contributed by atoms with Crippen molar-refractivity contribution in [2.24, 2.45) is 7.05 Å². The summed E-state index contributed by atoms with van der Waals surface area (Å²) in [7, 11) is 1.36. The minimum absolute atomic E-state index is 0. The number of rotatable bonds is 3. The van der Waals surface area contributed by atoms with Crippen LogP contribution in [0.4, 0.5) is 0 Å². The zero-order chi connectivity index (χ0) is 15.3. The molecule has 0 aliphatic heterocycles. The Morgan fingerprint density at radius 1 is 0.826 bits per heavy atom. The number of hydrogen-bond acceptors (Lipinski definition) is 5. The predicted molar refractivity (Wildman–Crippen MR) is 91.0 cm³/mol. The van der Waals surface area contributed by atoms with E-state index in [1.165, 1.54) is 19.2 Å². The van der Waals surface area contributed by atoms with E-state index in [-0.39, 0.29) is 43.1 Å². The molecule has 3 rings (SSSR count).